The molecule has 2 aromatic carbocycles. The molecule has 2 amide bonds. The average Bonchev–Trinajstić information content (AvgIpc) is 2.70. The molecule has 0 heterocycles. The van der Waals surface area contributed by atoms with Crippen LogP contribution in [-0.4, -0.2) is 28.2 Å². The molecule has 0 saturated carbocycles. The van der Waals surface area contributed by atoms with Gasteiger partial charge in [0.1, 0.15) is 11.5 Å². The molecule has 0 unspecified atom stereocenters. The zero-order valence-corrected chi connectivity index (χ0v) is 25.5. The second-order valence-corrected chi connectivity index (χ2v) is 14.6. The number of amides is 2. The highest BCUT2D eigenvalue weighted by atomic mass is 16.3. The van der Waals surface area contributed by atoms with E-state index in [-0.39, 0.29) is 27.7 Å². The molecule has 0 bridgehead atoms. The Balaban J connectivity index is 2.31. The normalized spacial score (nSPS) is 13.0. The molecule has 0 aliphatic rings. The first-order valence-corrected chi connectivity index (χ1v) is 13.3. The van der Waals surface area contributed by atoms with Gasteiger partial charge in [0.2, 0.25) is 0 Å². The smallest absolute Gasteiger partial charge is 0.317 e. The van der Waals surface area contributed by atoms with Crippen LogP contribution in [0.5, 0.6) is 11.5 Å². The highest BCUT2D eigenvalue weighted by Crippen LogP contribution is 2.41. The lowest BCUT2D eigenvalue weighted by molar-refractivity contribution is 0.206. The first kappa shape index (κ1) is 30.5. The summed E-state index contributed by atoms with van der Waals surface area (Å²) >= 11 is 0. The van der Waals surface area contributed by atoms with Crippen molar-refractivity contribution in [3.05, 3.63) is 57.6 Å². The lowest BCUT2D eigenvalue weighted by atomic mass is 9.78. The third-order valence-corrected chi connectivity index (χ3v) is 6.78. The maximum atomic E-state index is 13.1. The zero-order valence-electron chi connectivity index (χ0n) is 25.5. The lowest BCUT2D eigenvalue weighted by Gasteiger charge is -2.29. The van der Waals surface area contributed by atoms with Crippen molar-refractivity contribution in [2.75, 3.05) is 7.05 Å². The highest BCUT2D eigenvalue weighted by Gasteiger charge is 2.28. The summed E-state index contributed by atoms with van der Waals surface area (Å²) in [5.41, 5.74) is 4.57. The van der Waals surface area contributed by atoms with Gasteiger partial charge in [0.15, 0.2) is 0 Å². The Hall–Kier alpha value is -2.69. The minimum absolute atomic E-state index is 0.176. The van der Waals surface area contributed by atoms with Gasteiger partial charge >= 0.3 is 6.03 Å². The molecule has 0 aliphatic carbocycles. The number of hydrogen-bond acceptors (Lipinski definition) is 3. The number of phenolic OH excluding ortho intramolecular Hbond substituents is 2. The van der Waals surface area contributed by atoms with Crippen molar-refractivity contribution in [2.45, 2.75) is 118 Å². The molecule has 0 aromatic heterocycles. The summed E-state index contributed by atoms with van der Waals surface area (Å²) in [4.78, 5) is 14.8. The standard InChI is InChI=1S/C32H50N2O3/c1-29(2,3)22-14-20(15-23(26(22)35)30(4,5)6)18-33-28(37)34(13)19-21-16-24(31(7,8)9)27(36)25(17-21)32(10,11)12/h14-17,35-36H,18-19H2,1-13H3,(H,33,37). The molecule has 0 aliphatic heterocycles. The van der Waals surface area contributed by atoms with E-state index >= 15 is 0 Å². The van der Waals surface area contributed by atoms with Crippen LogP contribution in [0.1, 0.15) is 116 Å². The van der Waals surface area contributed by atoms with E-state index in [1.54, 1.807) is 11.9 Å². The second kappa shape index (κ2) is 10.2. The Bertz CT molecular complexity index is 1070. The van der Waals surface area contributed by atoms with E-state index in [1.165, 1.54) is 0 Å². The highest BCUT2D eigenvalue weighted by molar-refractivity contribution is 5.74. The van der Waals surface area contributed by atoms with Crippen LogP contribution >= 0.6 is 0 Å². The van der Waals surface area contributed by atoms with Crippen molar-refractivity contribution in [1.29, 1.82) is 0 Å². The molecule has 5 heteroatoms. The van der Waals surface area contributed by atoms with Crippen molar-refractivity contribution < 1.29 is 15.0 Å². The lowest BCUT2D eigenvalue weighted by Crippen LogP contribution is -2.36. The van der Waals surface area contributed by atoms with E-state index in [1.807, 2.05) is 24.3 Å². The Kier molecular flexibility index (Phi) is 8.44. The molecule has 3 N–H and O–H groups in total. The van der Waals surface area contributed by atoms with Crippen molar-refractivity contribution in [1.82, 2.24) is 10.2 Å². The number of nitrogens with zero attached hydrogens (tertiary/aromatic N) is 1. The van der Waals surface area contributed by atoms with E-state index in [2.05, 4.69) is 88.4 Å². The maximum absolute atomic E-state index is 13.1. The number of phenols is 2. The van der Waals surface area contributed by atoms with Gasteiger partial charge in [-0.25, -0.2) is 4.79 Å². The third kappa shape index (κ3) is 7.43. The fraction of sp³-hybridized carbons (Fsp3) is 0.594. The molecular formula is C32H50N2O3. The van der Waals surface area contributed by atoms with Crippen LogP contribution in [0.15, 0.2) is 24.3 Å². The quantitative estimate of drug-likeness (QED) is 0.396. The molecule has 2 aromatic rings. The molecule has 0 atom stereocenters. The van der Waals surface area contributed by atoms with Crippen LogP contribution in [0, 0.1) is 0 Å². The topological polar surface area (TPSA) is 72.8 Å². The Labute approximate surface area is 225 Å². The fourth-order valence-corrected chi connectivity index (χ4v) is 4.53. The number of rotatable bonds is 4. The van der Waals surface area contributed by atoms with Gasteiger partial charge in [-0.2, -0.15) is 0 Å². The van der Waals surface area contributed by atoms with E-state index in [0.29, 0.717) is 24.6 Å². The van der Waals surface area contributed by atoms with Gasteiger partial charge in [-0.15, -0.1) is 0 Å². The van der Waals surface area contributed by atoms with Gasteiger partial charge in [0.05, 0.1) is 0 Å². The minimum Gasteiger partial charge on any atom is -0.507 e. The molecule has 37 heavy (non-hydrogen) atoms. The van der Waals surface area contributed by atoms with Gasteiger partial charge in [-0.3, -0.25) is 0 Å². The Morgan fingerprint density at radius 3 is 1.24 bits per heavy atom. The summed E-state index contributed by atoms with van der Waals surface area (Å²) in [6, 6.07) is 7.84. The molecule has 5 nitrogen and oxygen atoms in total. The molecular weight excluding hydrogens is 460 g/mol. The van der Waals surface area contributed by atoms with Crippen molar-refractivity contribution in [2.24, 2.45) is 0 Å². The molecule has 0 saturated heterocycles. The average molecular weight is 511 g/mol. The van der Waals surface area contributed by atoms with E-state index in [4.69, 9.17) is 0 Å². The Morgan fingerprint density at radius 2 is 0.946 bits per heavy atom. The van der Waals surface area contributed by atoms with Gasteiger partial charge in [0.25, 0.3) is 0 Å². The number of carbonyl (C=O) groups excluding carboxylic acids is 1. The number of nitrogens with one attached hydrogen (secondary N) is 1. The van der Waals surface area contributed by atoms with Crippen LogP contribution in [0.4, 0.5) is 4.79 Å². The van der Waals surface area contributed by atoms with E-state index in [0.717, 1.165) is 33.4 Å². The third-order valence-electron chi connectivity index (χ3n) is 6.78. The van der Waals surface area contributed by atoms with Gasteiger partial charge in [0, 0.05) is 20.1 Å². The SMILES string of the molecule is CN(Cc1cc(C(C)(C)C)c(O)c(C(C)(C)C)c1)C(=O)NCc1cc(C(C)(C)C)c(O)c(C(C)(C)C)c1. The molecule has 0 spiro atoms. The number of carbonyl (C=O) groups is 1. The van der Waals surface area contributed by atoms with Crippen LogP contribution in [0.2, 0.25) is 0 Å². The molecule has 206 valence electrons. The number of benzene rings is 2. The summed E-state index contributed by atoms with van der Waals surface area (Å²) < 4.78 is 0. The van der Waals surface area contributed by atoms with Crippen molar-refractivity contribution in [3.8, 4) is 11.5 Å². The van der Waals surface area contributed by atoms with Crippen molar-refractivity contribution >= 4 is 6.03 Å². The summed E-state index contributed by atoms with van der Waals surface area (Å²) in [6.45, 7) is 25.8. The first-order chi connectivity index (χ1) is 16.5. The van der Waals surface area contributed by atoms with Crippen LogP contribution < -0.4 is 5.32 Å². The van der Waals surface area contributed by atoms with Gasteiger partial charge in [-0.1, -0.05) is 83.1 Å². The predicted octanol–water partition coefficient (Wildman–Crippen LogP) is 7.63. The molecule has 0 radical (unpaired) electrons. The van der Waals surface area contributed by atoms with Crippen molar-refractivity contribution in [3.63, 3.8) is 0 Å². The van der Waals surface area contributed by atoms with Crippen LogP contribution in [0.3, 0.4) is 0 Å². The summed E-state index contributed by atoms with van der Waals surface area (Å²) in [5.74, 6) is 0.677. The summed E-state index contributed by atoms with van der Waals surface area (Å²) in [7, 11) is 1.79. The van der Waals surface area contributed by atoms with Crippen LogP contribution in [0.25, 0.3) is 0 Å². The van der Waals surface area contributed by atoms with E-state index in [9.17, 15) is 15.0 Å². The summed E-state index contributed by atoms with van der Waals surface area (Å²) in [5, 5.41) is 25.0. The number of aromatic hydroxyl groups is 2. The summed E-state index contributed by atoms with van der Waals surface area (Å²) in [6.07, 6.45) is 0. The van der Waals surface area contributed by atoms with E-state index < -0.39 is 0 Å². The largest absolute Gasteiger partial charge is 0.507 e. The molecule has 2 rings (SSSR count). The van der Waals surface area contributed by atoms with Crippen LogP contribution in [-0.2, 0) is 34.7 Å². The second-order valence-electron chi connectivity index (χ2n) is 14.6. The Morgan fingerprint density at radius 1 is 0.649 bits per heavy atom. The van der Waals surface area contributed by atoms with Gasteiger partial charge < -0.3 is 20.4 Å². The fourth-order valence-electron chi connectivity index (χ4n) is 4.53. The minimum atomic E-state index is -0.227. The molecule has 0 fully saturated rings. The number of urea groups is 1. The first-order valence-electron chi connectivity index (χ1n) is 13.3. The number of hydrogen-bond donors (Lipinski definition) is 3. The zero-order chi connectivity index (χ0) is 28.7. The predicted molar refractivity (Wildman–Crippen MR) is 155 cm³/mol. The monoisotopic (exact) mass is 510 g/mol. The maximum Gasteiger partial charge on any atom is 0.317 e. The van der Waals surface area contributed by atoms with Gasteiger partial charge in [-0.05, 0) is 79.3 Å².